The first-order valence-electron chi connectivity index (χ1n) is 4.95. The molecule has 0 aromatic heterocycles. The summed E-state index contributed by atoms with van der Waals surface area (Å²) < 4.78 is 0. The van der Waals surface area contributed by atoms with Gasteiger partial charge in [-0.25, -0.2) is 0 Å². The van der Waals surface area contributed by atoms with Crippen molar-refractivity contribution in [1.29, 1.82) is 0 Å². The minimum atomic E-state index is -0.764. The van der Waals surface area contributed by atoms with Gasteiger partial charge in [0.15, 0.2) is 0 Å². The van der Waals surface area contributed by atoms with Crippen LogP contribution in [0.2, 0.25) is 0 Å². The molecule has 1 rings (SSSR count). The second-order valence-corrected chi connectivity index (χ2v) is 3.73. The highest BCUT2D eigenvalue weighted by Gasteiger charge is 2.10. The third-order valence-electron chi connectivity index (χ3n) is 2.09. The molecule has 0 saturated carbocycles. The maximum atomic E-state index is 10.7. The van der Waals surface area contributed by atoms with Crippen LogP contribution in [0.1, 0.15) is 19.4 Å². The minimum absolute atomic E-state index is 0.00951. The van der Waals surface area contributed by atoms with Gasteiger partial charge in [0.25, 0.3) is 5.69 Å². The van der Waals surface area contributed by atoms with Crippen LogP contribution in [0.25, 0.3) is 0 Å². The van der Waals surface area contributed by atoms with E-state index in [1.54, 1.807) is 18.2 Å². The van der Waals surface area contributed by atoms with Crippen molar-refractivity contribution >= 4 is 5.69 Å². The lowest BCUT2D eigenvalue weighted by atomic mass is 10.1. The van der Waals surface area contributed by atoms with Gasteiger partial charge in [-0.1, -0.05) is 37.8 Å². The number of aliphatic hydroxyl groups is 1. The normalized spacial score (nSPS) is 11.8. The molecule has 1 N–H and O–H groups in total. The third kappa shape index (κ3) is 3.07. The summed E-state index contributed by atoms with van der Waals surface area (Å²) in [5.41, 5.74) is 0.290. The van der Waals surface area contributed by atoms with Gasteiger partial charge in [0.2, 0.25) is 0 Å². The zero-order valence-electron chi connectivity index (χ0n) is 9.18. The Kier molecular flexibility index (Phi) is 4.03. The quantitative estimate of drug-likeness (QED) is 0.470. The minimum Gasteiger partial charge on any atom is -0.380 e. The van der Waals surface area contributed by atoms with Crippen LogP contribution in [-0.4, -0.2) is 16.1 Å². The molecule has 1 aromatic rings. The van der Waals surface area contributed by atoms with Crippen molar-refractivity contribution in [3.05, 3.63) is 39.9 Å². The number of aliphatic hydroxyl groups excluding tert-OH is 1. The van der Waals surface area contributed by atoms with E-state index in [2.05, 4.69) is 11.8 Å². The molecule has 84 valence electrons. The standard InChI is InChI=1S/C12H13NO3/c1-9(2)12(14)8-7-10-5-3-4-6-11(10)13(15)16/h3-6,9,12,14H,1-2H3. The monoisotopic (exact) mass is 219 g/mol. The molecule has 0 aliphatic heterocycles. The fraction of sp³-hybridized carbons (Fsp3) is 0.333. The van der Waals surface area contributed by atoms with Crippen LogP contribution < -0.4 is 0 Å². The Bertz CT molecular complexity index is 443. The van der Waals surface area contributed by atoms with Crippen molar-refractivity contribution in [3.63, 3.8) is 0 Å². The first-order chi connectivity index (χ1) is 7.52. The fourth-order valence-corrected chi connectivity index (χ4v) is 1.06. The smallest absolute Gasteiger partial charge is 0.284 e. The molecule has 1 unspecified atom stereocenters. The van der Waals surface area contributed by atoms with Crippen molar-refractivity contribution < 1.29 is 10.0 Å². The van der Waals surface area contributed by atoms with Gasteiger partial charge in [-0.15, -0.1) is 0 Å². The topological polar surface area (TPSA) is 63.4 Å². The highest BCUT2D eigenvalue weighted by atomic mass is 16.6. The number of nitrogens with zero attached hydrogens (tertiary/aromatic N) is 1. The van der Waals surface area contributed by atoms with Crippen LogP contribution in [0.15, 0.2) is 24.3 Å². The summed E-state index contributed by atoms with van der Waals surface area (Å²) in [4.78, 5) is 10.2. The molecule has 0 fully saturated rings. The molecule has 0 radical (unpaired) electrons. The van der Waals surface area contributed by atoms with Crippen molar-refractivity contribution in [2.45, 2.75) is 20.0 Å². The molecule has 1 aromatic carbocycles. The lowest BCUT2D eigenvalue weighted by Gasteiger charge is -2.05. The molecule has 0 saturated heterocycles. The van der Waals surface area contributed by atoms with Crippen LogP contribution in [0.5, 0.6) is 0 Å². The predicted octanol–water partition coefficient (Wildman–Crippen LogP) is 1.96. The Morgan fingerprint density at radius 3 is 2.56 bits per heavy atom. The van der Waals surface area contributed by atoms with E-state index in [-0.39, 0.29) is 11.6 Å². The second kappa shape index (κ2) is 5.29. The first-order valence-corrected chi connectivity index (χ1v) is 4.95. The SMILES string of the molecule is CC(C)C(O)C#Cc1ccccc1[N+](=O)[O-]. The molecule has 0 spiro atoms. The highest BCUT2D eigenvalue weighted by molar-refractivity contribution is 5.50. The van der Waals surface area contributed by atoms with E-state index in [9.17, 15) is 15.2 Å². The van der Waals surface area contributed by atoms with Gasteiger partial charge in [-0.2, -0.15) is 0 Å². The average Bonchev–Trinajstić information content (AvgIpc) is 2.25. The lowest BCUT2D eigenvalue weighted by molar-refractivity contribution is -0.385. The Morgan fingerprint density at radius 2 is 2.00 bits per heavy atom. The van der Waals surface area contributed by atoms with E-state index in [0.717, 1.165) is 0 Å². The average molecular weight is 219 g/mol. The van der Waals surface area contributed by atoms with E-state index in [4.69, 9.17) is 0 Å². The number of benzene rings is 1. The third-order valence-corrected chi connectivity index (χ3v) is 2.09. The van der Waals surface area contributed by atoms with Gasteiger partial charge >= 0.3 is 0 Å². The van der Waals surface area contributed by atoms with Crippen LogP contribution in [0.4, 0.5) is 5.69 Å². The van der Waals surface area contributed by atoms with Crippen molar-refractivity contribution in [2.24, 2.45) is 5.92 Å². The largest absolute Gasteiger partial charge is 0.380 e. The molecular formula is C12H13NO3. The molecule has 16 heavy (non-hydrogen) atoms. The van der Waals surface area contributed by atoms with Crippen LogP contribution in [0.3, 0.4) is 0 Å². The Balaban J connectivity index is 3.01. The number of hydrogen-bond donors (Lipinski definition) is 1. The maximum Gasteiger partial charge on any atom is 0.284 e. The molecule has 4 heteroatoms. The summed E-state index contributed by atoms with van der Waals surface area (Å²) in [6.45, 7) is 3.66. The molecule has 0 heterocycles. The van der Waals surface area contributed by atoms with Crippen LogP contribution in [0, 0.1) is 27.9 Å². The van der Waals surface area contributed by atoms with E-state index in [1.807, 2.05) is 13.8 Å². The Labute approximate surface area is 94.1 Å². The number of rotatable bonds is 2. The summed E-state index contributed by atoms with van der Waals surface area (Å²) in [5.74, 6) is 5.24. The van der Waals surface area contributed by atoms with Gasteiger partial charge in [-0.3, -0.25) is 10.1 Å². The van der Waals surface area contributed by atoms with Crippen LogP contribution >= 0.6 is 0 Å². The molecule has 0 aliphatic rings. The zero-order chi connectivity index (χ0) is 12.1. The Hall–Kier alpha value is -1.86. The molecule has 1 atom stereocenters. The van der Waals surface area contributed by atoms with E-state index in [1.165, 1.54) is 6.07 Å². The summed E-state index contributed by atoms with van der Waals surface area (Å²) in [6, 6.07) is 6.23. The van der Waals surface area contributed by atoms with E-state index >= 15 is 0 Å². The molecule has 0 amide bonds. The fourth-order valence-electron chi connectivity index (χ4n) is 1.06. The molecular weight excluding hydrogens is 206 g/mol. The van der Waals surface area contributed by atoms with Gasteiger partial charge < -0.3 is 5.11 Å². The van der Waals surface area contributed by atoms with E-state index < -0.39 is 11.0 Å². The molecule has 0 bridgehead atoms. The summed E-state index contributed by atoms with van der Waals surface area (Å²) in [7, 11) is 0. The second-order valence-electron chi connectivity index (χ2n) is 3.73. The van der Waals surface area contributed by atoms with Crippen LogP contribution in [-0.2, 0) is 0 Å². The summed E-state index contributed by atoms with van der Waals surface area (Å²) in [6.07, 6.45) is -0.764. The number of para-hydroxylation sites is 1. The Morgan fingerprint density at radius 1 is 1.38 bits per heavy atom. The van der Waals surface area contributed by atoms with Crippen molar-refractivity contribution in [1.82, 2.24) is 0 Å². The summed E-state index contributed by atoms with van der Waals surface area (Å²) >= 11 is 0. The van der Waals surface area contributed by atoms with Gasteiger partial charge in [0.1, 0.15) is 11.7 Å². The van der Waals surface area contributed by atoms with Gasteiger partial charge in [0.05, 0.1) is 4.92 Å². The van der Waals surface area contributed by atoms with Crippen molar-refractivity contribution in [3.8, 4) is 11.8 Å². The predicted molar refractivity (Wildman–Crippen MR) is 60.8 cm³/mol. The first kappa shape index (κ1) is 12.2. The van der Waals surface area contributed by atoms with Crippen molar-refractivity contribution in [2.75, 3.05) is 0 Å². The van der Waals surface area contributed by atoms with E-state index in [0.29, 0.717) is 5.56 Å². The number of nitro groups is 1. The zero-order valence-corrected chi connectivity index (χ0v) is 9.18. The number of hydrogen-bond acceptors (Lipinski definition) is 3. The highest BCUT2D eigenvalue weighted by Crippen LogP contribution is 2.16. The maximum absolute atomic E-state index is 10.7. The number of nitro benzene ring substituents is 1. The van der Waals surface area contributed by atoms with Gasteiger partial charge in [-0.05, 0) is 12.0 Å². The molecule has 0 aliphatic carbocycles. The lowest BCUT2D eigenvalue weighted by Crippen LogP contribution is -2.11. The van der Waals surface area contributed by atoms with Gasteiger partial charge in [0, 0.05) is 6.07 Å². The summed E-state index contributed by atoms with van der Waals surface area (Å²) in [5, 5.41) is 20.1. The molecule has 4 nitrogen and oxygen atoms in total.